The van der Waals surface area contributed by atoms with Crippen molar-refractivity contribution in [1.82, 2.24) is 19.9 Å². The van der Waals surface area contributed by atoms with Crippen LogP contribution in [-0.4, -0.2) is 44.6 Å². The number of halogens is 3. The molecule has 1 atom stereocenters. The minimum absolute atomic E-state index is 0.0338. The van der Waals surface area contributed by atoms with Crippen molar-refractivity contribution >= 4 is 5.91 Å². The van der Waals surface area contributed by atoms with Gasteiger partial charge in [0.05, 0.1) is 12.7 Å². The molecule has 1 aliphatic rings. The molecule has 2 heterocycles. The van der Waals surface area contributed by atoms with Crippen LogP contribution in [0.5, 0.6) is 0 Å². The van der Waals surface area contributed by atoms with E-state index in [2.05, 4.69) is 10.3 Å². The van der Waals surface area contributed by atoms with Crippen molar-refractivity contribution in [2.45, 2.75) is 31.6 Å². The van der Waals surface area contributed by atoms with Crippen LogP contribution in [0.1, 0.15) is 28.8 Å². The Morgan fingerprint density at radius 1 is 1.35 bits per heavy atom. The number of carbonyl (C=O) groups excluding carboxylic acids is 1. The second-order valence-electron chi connectivity index (χ2n) is 5.50. The van der Waals surface area contributed by atoms with E-state index in [9.17, 15) is 18.0 Å². The first kappa shape index (κ1) is 15.5. The maximum atomic E-state index is 13.0. The maximum Gasteiger partial charge on any atom is 0.408 e. The van der Waals surface area contributed by atoms with Crippen LogP contribution < -0.4 is 0 Å². The molecule has 8 heteroatoms. The number of benzene rings is 1. The van der Waals surface area contributed by atoms with E-state index in [4.69, 9.17) is 0 Å². The Hall–Kier alpha value is -2.38. The number of rotatable bonds is 3. The number of likely N-dealkylation sites (tertiary alicyclic amines) is 1. The fraction of sp³-hybridized carbons (Fsp3) is 0.400. The molecule has 5 nitrogen and oxygen atoms in total. The van der Waals surface area contributed by atoms with Crippen molar-refractivity contribution in [3.05, 3.63) is 47.8 Å². The number of alkyl halides is 3. The van der Waals surface area contributed by atoms with Gasteiger partial charge >= 0.3 is 6.18 Å². The molecular weight excluding hydrogens is 309 g/mol. The molecule has 0 saturated carbocycles. The molecule has 1 fully saturated rings. The first-order chi connectivity index (χ1) is 10.9. The van der Waals surface area contributed by atoms with Crippen molar-refractivity contribution < 1.29 is 18.0 Å². The number of amides is 1. The zero-order chi connectivity index (χ0) is 16.4. The maximum absolute atomic E-state index is 13.0. The molecule has 3 rings (SSSR count). The van der Waals surface area contributed by atoms with Crippen LogP contribution in [0.25, 0.3) is 0 Å². The van der Waals surface area contributed by atoms with Gasteiger partial charge in [-0.1, -0.05) is 17.3 Å². The lowest BCUT2D eigenvalue weighted by atomic mass is 10.1. The fourth-order valence-electron chi connectivity index (χ4n) is 2.82. The van der Waals surface area contributed by atoms with Crippen LogP contribution >= 0.6 is 0 Å². The van der Waals surface area contributed by atoms with Gasteiger partial charge in [-0.05, 0) is 30.5 Å². The Morgan fingerprint density at radius 3 is 2.87 bits per heavy atom. The summed E-state index contributed by atoms with van der Waals surface area (Å²) in [6.07, 6.45) is -0.839. The van der Waals surface area contributed by atoms with E-state index in [1.54, 1.807) is 35.1 Å². The van der Waals surface area contributed by atoms with E-state index in [-0.39, 0.29) is 18.5 Å². The monoisotopic (exact) mass is 324 g/mol. The van der Waals surface area contributed by atoms with Crippen LogP contribution in [0.4, 0.5) is 13.2 Å². The molecule has 0 unspecified atom stereocenters. The molecule has 0 aliphatic carbocycles. The first-order valence-electron chi connectivity index (χ1n) is 7.26. The van der Waals surface area contributed by atoms with Crippen LogP contribution in [0.15, 0.2) is 36.7 Å². The van der Waals surface area contributed by atoms with Crippen molar-refractivity contribution in [1.29, 1.82) is 0 Å². The molecule has 0 N–H and O–H groups in total. The van der Waals surface area contributed by atoms with E-state index >= 15 is 0 Å². The van der Waals surface area contributed by atoms with Gasteiger partial charge in [0.2, 0.25) is 0 Å². The third kappa shape index (κ3) is 3.35. The largest absolute Gasteiger partial charge is 0.408 e. The predicted molar refractivity (Wildman–Crippen MR) is 75.7 cm³/mol. The molecule has 1 saturated heterocycles. The van der Waals surface area contributed by atoms with Gasteiger partial charge < -0.3 is 4.90 Å². The van der Waals surface area contributed by atoms with Gasteiger partial charge in [0.1, 0.15) is 6.04 Å². The van der Waals surface area contributed by atoms with Crippen molar-refractivity contribution in [2.75, 3.05) is 6.54 Å². The standard InChI is InChI=1S/C15H15F3N4O/c16-15(17,18)13-5-2-7-22(13)14(23)12-4-1-3-11(9-12)10-21-8-6-19-20-21/h1,3-4,6,8-9,13H,2,5,7,10H2/t13-/m0/s1. The lowest BCUT2D eigenvalue weighted by Gasteiger charge is -2.26. The summed E-state index contributed by atoms with van der Waals surface area (Å²) in [6, 6.07) is 4.92. The molecule has 0 spiro atoms. The minimum atomic E-state index is -4.38. The van der Waals surface area contributed by atoms with Gasteiger partial charge in [0.15, 0.2) is 0 Å². The Labute approximate surface area is 130 Å². The normalized spacial score (nSPS) is 18.4. The van der Waals surface area contributed by atoms with Crippen molar-refractivity contribution in [3.63, 3.8) is 0 Å². The second-order valence-corrected chi connectivity index (χ2v) is 5.50. The topological polar surface area (TPSA) is 51.0 Å². The number of nitrogens with zero attached hydrogens (tertiary/aromatic N) is 4. The van der Waals surface area contributed by atoms with E-state index < -0.39 is 18.1 Å². The molecule has 1 aromatic heterocycles. The van der Waals surface area contributed by atoms with E-state index in [0.29, 0.717) is 13.0 Å². The number of carbonyl (C=O) groups is 1. The molecule has 0 bridgehead atoms. The number of aromatic nitrogens is 3. The van der Waals surface area contributed by atoms with Crippen LogP contribution in [0, 0.1) is 0 Å². The van der Waals surface area contributed by atoms with E-state index in [0.717, 1.165) is 10.5 Å². The molecule has 1 aliphatic heterocycles. The summed E-state index contributed by atoms with van der Waals surface area (Å²) in [5.41, 5.74) is 1.04. The number of hydrogen-bond donors (Lipinski definition) is 0. The third-order valence-corrected chi connectivity index (χ3v) is 3.88. The SMILES string of the molecule is O=C(c1cccc(Cn2ccnn2)c1)N1CCC[C@H]1C(F)(F)F. The van der Waals surface area contributed by atoms with Gasteiger partial charge in [0, 0.05) is 18.3 Å². The molecule has 1 amide bonds. The molecular formula is C15H15F3N4O. The first-order valence-corrected chi connectivity index (χ1v) is 7.26. The lowest BCUT2D eigenvalue weighted by Crippen LogP contribution is -2.44. The van der Waals surface area contributed by atoms with Gasteiger partial charge in [-0.25, -0.2) is 4.68 Å². The quantitative estimate of drug-likeness (QED) is 0.872. The van der Waals surface area contributed by atoms with Crippen molar-refractivity contribution in [2.24, 2.45) is 0 Å². The summed E-state index contributed by atoms with van der Waals surface area (Å²) < 4.78 is 40.6. The van der Waals surface area contributed by atoms with E-state index in [1.165, 1.54) is 6.20 Å². The Morgan fingerprint density at radius 2 is 2.17 bits per heavy atom. The molecule has 0 radical (unpaired) electrons. The summed E-state index contributed by atoms with van der Waals surface area (Å²) in [5.74, 6) is -0.578. The average molecular weight is 324 g/mol. The Kier molecular flexibility index (Phi) is 4.06. The minimum Gasteiger partial charge on any atom is -0.327 e. The summed E-state index contributed by atoms with van der Waals surface area (Å²) in [4.78, 5) is 13.4. The van der Waals surface area contributed by atoms with Crippen LogP contribution in [-0.2, 0) is 6.54 Å². The zero-order valence-corrected chi connectivity index (χ0v) is 12.2. The summed E-state index contributed by atoms with van der Waals surface area (Å²) in [7, 11) is 0. The second kappa shape index (κ2) is 6.02. The average Bonchev–Trinajstić information content (AvgIpc) is 3.17. The molecule has 2 aromatic rings. The zero-order valence-electron chi connectivity index (χ0n) is 12.2. The van der Waals surface area contributed by atoms with Gasteiger partial charge in [-0.2, -0.15) is 13.2 Å². The highest BCUT2D eigenvalue weighted by Crippen LogP contribution is 2.33. The van der Waals surface area contributed by atoms with Gasteiger partial charge in [-0.3, -0.25) is 4.79 Å². The lowest BCUT2D eigenvalue weighted by molar-refractivity contribution is -0.169. The Bertz CT molecular complexity index is 684. The Balaban J connectivity index is 1.79. The molecule has 122 valence electrons. The third-order valence-electron chi connectivity index (χ3n) is 3.88. The fourth-order valence-corrected chi connectivity index (χ4v) is 2.82. The summed E-state index contributed by atoms with van der Waals surface area (Å²) in [5, 5.41) is 7.52. The summed E-state index contributed by atoms with van der Waals surface area (Å²) in [6.45, 7) is 0.542. The van der Waals surface area contributed by atoms with Crippen LogP contribution in [0.2, 0.25) is 0 Å². The van der Waals surface area contributed by atoms with Crippen molar-refractivity contribution in [3.8, 4) is 0 Å². The molecule has 1 aromatic carbocycles. The van der Waals surface area contributed by atoms with Gasteiger partial charge in [0.25, 0.3) is 5.91 Å². The summed E-state index contributed by atoms with van der Waals surface area (Å²) >= 11 is 0. The highest BCUT2D eigenvalue weighted by Gasteiger charge is 2.47. The smallest absolute Gasteiger partial charge is 0.327 e. The number of hydrogen-bond acceptors (Lipinski definition) is 3. The highest BCUT2D eigenvalue weighted by molar-refractivity contribution is 5.94. The highest BCUT2D eigenvalue weighted by atomic mass is 19.4. The van der Waals surface area contributed by atoms with E-state index in [1.807, 2.05) is 0 Å². The predicted octanol–water partition coefficient (Wildman–Crippen LogP) is 2.49. The molecule has 23 heavy (non-hydrogen) atoms. The van der Waals surface area contributed by atoms with Gasteiger partial charge in [-0.15, -0.1) is 5.10 Å². The van der Waals surface area contributed by atoms with Crippen LogP contribution in [0.3, 0.4) is 0 Å².